The first-order valence-corrected chi connectivity index (χ1v) is 10.4. The molecule has 0 radical (unpaired) electrons. The first kappa shape index (κ1) is 20.6. The van der Waals surface area contributed by atoms with Crippen molar-refractivity contribution >= 4 is 33.4 Å². The van der Waals surface area contributed by atoms with E-state index in [1.54, 1.807) is 21.7 Å². The summed E-state index contributed by atoms with van der Waals surface area (Å²) in [7, 11) is 0. The van der Waals surface area contributed by atoms with Gasteiger partial charge in [0.2, 0.25) is 5.43 Å². The third-order valence-electron chi connectivity index (χ3n) is 4.88. The molecule has 5 nitrogen and oxygen atoms in total. The second-order valence-electron chi connectivity index (χ2n) is 6.93. The smallest absolute Gasteiger partial charge is 0.274 e. The number of pyridine rings is 1. The van der Waals surface area contributed by atoms with E-state index in [9.17, 15) is 14.0 Å². The SMILES string of the molecule is O=C1c2c(OCc3ccccc3)c(=O)c(Br)cn2CCN1Cc1ccc(F)c(Cl)c1. The van der Waals surface area contributed by atoms with Gasteiger partial charge >= 0.3 is 0 Å². The molecule has 154 valence electrons. The number of fused-ring (bicyclic) bond motifs is 1. The molecule has 1 amide bonds. The molecule has 1 aliphatic rings. The molecule has 2 aromatic carbocycles. The minimum atomic E-state index is -0.510. The highest BCUT2D eigenvalue weighted by Crippen LogP contribution is 2.26. The largest absolute Gasteiger partial charge is 0.483 e. The topological polar surface area (TPSA) is 51.5 Å². The van der Waals surface area contributed by atoms with E-state index in [-0.39, 0.29) is 41.0 Å². The van der Waals surface area contributed by atoms with Crippen molar-refractivity contribution in [2.45, 2.75) is 19.7 Å². The molecule has 0 saturated carbocycles. The Kier molecular flexibility index (Phi) is 5.92. The van der Waals surface area contributed by atoms with Gasteiger partial charge in [-0.3, -0.25) is 9.59 Å². The maximum absolute atomic E-state index is 13.4. The number of halogens is 3. The van der Waals surface area contributed by atoms with Crippen molar-refractivity contribution in [3.63, 3.8) is 0 Å². The Morgan fingerprint density at radius 1 is 1.07 bits per heavy atom. The van der Waals surface area contributed by atoms with Gasteiger partial charge in [-0.15, -0.1) is 0 Å². The first-order valence-electron chi connectivity index (χ1n) is 9.27. The summed E-state index contributed by atoms with van der Waals surface area (Å²) in [5.41, 5.74) is 1.42. The molecule has 0 aliphatic carbocycles. The highest BCUT2D eigenvalue weighted by molar-refractivity contribution is 9.10. The van der Waals surface area contributed by atoms with E-state index in [0.29, 0.717) is 23.1 Å². The Labute approximate surface area is 185 Å². The Bertz CT molecular complexity index is 1170. The van der Waals surface area contributed by atoms with E-state index in [1.165, 1.54) is 12.1 Å². The van der Waals surface area contributed by atoms with Crippen molar-refractivity contribution in [3.8, 4) is 5.75 Å². The van der Waals surface area contributed by atoms with Crippen LogP contribution in [0.3, 0.4) is 0 Å². The average molecular weight is 492 g/mol. The van der Waals surface area contributed by atoms with Gasteiger partial charge in [-0.25, -0.2) is 4.39 Å². The normalized spacial score (nSPS) is 13.3. The minimum Gasteiger partial charge on any atom is -0.483 e. The van der Waals surface area contributed by atoms with Crippen LogP contribution in [0.4, 0.5) is 4.39 Å². The number of rotatable bonds is 5. The third kappa shape index (κ3) is 4.13. The lowest BCUT2D eigenvalue weighted by atomic mass is 10.1. The zero-order valence-corrected chi connectivity index (χ0v) is 18.1. The maximum atomic E-state index is 13.4. The summed E-state index contributed by atoms with van der Waals surface area (Å²) >= 11 is 9.13. The van der Waals surface area contributed by atoms with Crippen LogP contribution in [0, 0.1) is 5.82 Å². The Morgan fingerprint density at radius 2 is 1.83 bits per heavy atom. The molecule has 1 aliphatic heterocycles. The van der Waals surface area contributed by atoms with Crippen molar-refractivity contribution in [1.29, 1.82) is 0 Å². The van der Waals surface area contributed by atoms with Crippen LogP contribution in [0.1, 0.15) is 21.6 Å². The van der Waals surface area contributed by atoms with Crippen LogP contribution in [0.25, 0.3) is 0 Å². The second kappa shape index (κ2) is 8.62. The summed E-state index contributed by atoms with van der Waals surface area (Å²) in [6, 6.07) is 13.8. The zero-order chi connectivity index (χ0) is 21.3. The van der Waals surface area contributed by atoms with Gasteiger partial charge in [0.15, 0.2) is 11.4 Å². The molecule has 3 aromatic rings. The van der Waals surface area contributed by atoms with E-state index < -0.39 is 5.82 Å². The number of amides is 1. The van der Waals surface area contributed by atoms with E-state index in [2.05, 4.69) is 15.9 Å². The molecule has 0 atom stereocenters. The van der Waals surface area contributed by atoms with Gasteiger partial charge in [0.05, 0.1) is 9.50 Å². The fraction of sp³-hybridized carbons (Fsp3) is 0.182. The standard InChI is InChI=1S/C22H17BrClFN2O3/c23-16-12-26-8-9-27(11-15-6-7-18(25)17(24)10-15)22(29)19(26)21(20(16)28)30-13-14-4-2-1-3-5-14/h1-7,10,12H,8-9,11,13H2. The minimum absolute atomic E-state index is 0.00407. The number of hydrogen-bond acceptors (Lipinski definition) is 3. The number of benzene rings is 2. The molecule has 0 spiro atoms. The number of carbonyl (C=O) groups is 1. The van der Waals surface area contributed by atoms with Crippen molar-refractivity contribution in [1.82, 2.24) is 9.47 Å². The number of carbonyl (C=O) groups excluding carboxylic acids is 1. The Balaban J connectivity index is 1.64. The van der Waals surface area contributed by atoms with Crippen LogP contribution >= 0.6 is 27.5 Å². The van der Waals surface area contributed by atoms with Crippen LogP contribution in [0.2, 0.25) is 5.02 Å². The summed E-state index contributed by atoms with van der Waals surface area (Å²) in [5.74, 6) is -0.821. The highest BCUT2D eigenvalue weighted by atomic mass is 79.9. The average Bonchev–Trinajstić information content (AvgIpc) is 2.74. The third-order valence-corrected chi connectivity index (χ3v) is 5.73. The van der Waals surface area contributed by atoms with Crippen LogP contribution in [0.5, 0.6) is 5.75 Å². The summed E-state index contributed by atoms with van der Waals surface area (Å²) < 4.78 is 21.3. The zero-order valence-electron chi connectivity index (χ0n) is 15.8. The molecule has 0 fully saturated rings. The lowest BCUT2D eigenvalue weighted by Crippen LogP contribution is -2.41. The molecule has 0 N–H and O–H groups in total. The van der Waals surface area contributed by atoms with Gasteiger partial charge in [0.1, 0.15) is 12.4 Å². The number of hydrogen-bond donors (Lipinski definition) is 0. The Hall–Kier alpha value is -2.64. The van der Waals surface area contributed by atoms with E-state index in [0.717, 1.165) is 5.56 Å². The Morgan fingerprint density at radius 3 is 2.57 bits per heavy atom. The predicted molar refractivity (Wildman–Crippen MR) is 115 cm³/mol. The number of aromatic nitrogens is 1. The lowest BCUT2D eigenvalue weighted by molar-refractivity contribution is 0.0680. The van der Waals surface area contributed by atoms with Crippen LogP contribution in [-0.4, -0.2) is 21.9 Å². The van der Waals surface area contributed by atoms with E-state index in [1.807, 2.05) is 30.3 Å². The molecule has 2 heterocycles. The molecule has 1 aromatic heterocycles. The second-order valence-corrected chi connectivity index (χ2v) is 8.19. The highest BCUT2D eigenvalue weighted by Gasteiger charge is 2.30. The molecule has 4 rings (SSSR count). The van der Waals surface area contributed by atoms with Crippen LogP contribution in [-0.2, 0) is 19.7 Å². The predicted octanol–water partition coefficient (Wildman–Crippen LogP) is 4.64. The summed E-state index contributed by atoms with van der Waals surface area (Å²) in [6.45, 7) is 1.35. The first-order chi connectivity index (χ1) is 14.4. The summed E-state index contributed by atoms with van der Waals surface area (Å²) in [5, 5.41) is 0.00407. The monoisotopic (exact) mass is 490 g/mol. The summed E-state index contributed by atoms with van der Waals surface area (Å²) in [6.07, 6.45) is 1.61. The van der Waals surface area contributed by atoms with Crippen LogP contribution < -0.4 is 10.2 Å². The van der Waals surface area contributed by atoms with Crippen LogP contribution in [0.15, 0.2) is 64.0 Å². The number of ether oxygens (including phenoxy) is 1. The van der Waals surface area contributed by atoms with Gasteiger partial charge in [-0.2, -0.15) is 0 Å². The molecular formula is C22H17BrClFN2O3. The molecule has 0 saturated heterocycles. The fourth-order valence-corrected chi connectivity index (χ4v) is 3.99. The van der Waals surface area contributed by atoms with E-state index >= 15 is 0 Å². The van der Waals surface area contributed by atoms with Crippen molar-refractivity contribution in [2.24, 2.45) is 0 Å². The van der Waals surface area contributed by atoms with Gasteiger partial charge < -0.3 is 14.2 Å². The molecule has 30 heavy (non-hydrogen) atoms. The lowest BCUT2D eigenvalue weighted by Gasteiger charge is -2.31. The van der Waals surface area contributed by atoms with E-state index in [4.69, 9.17) is 16.3 Å². The maximum Gasteiger partial charge on any atom is 0.274 e. The number of nitrogens with zero attached hydrogens (tertiary/aromatic N) is 2. The van der Waals surface area contributed by atoms with Crippen molar-refractivity contribution in [3.05, 3.63) is 97.1 Å². The molecule has 8 heteroatoms. The van der Waals surface area contributed by atoms with Gasteiger partial charge in [-0.05, 0) is 39.2 Å². The molecule has 0 bridgehead atoms. The van der Waals surface area contributed by atoms with Crippen molar-refractivity contribution < 1.29 is 13.9 Å². The quantitative estimate of drug-likeness (QED) is 0.523. The van der Waals surface area contributed by atoms with Gasteiger partial charge in [0.25, 0.3) is 5.91 Å². The van der Waals surface area contributed by atoms with Gasteiger partial charge in [0, 0.05) is 25.8 Å². The van der Waals surface area contributed by atoms with Crippen molar-refractivity contribution in [2.75, 3.05) is 6.54 Å². The molecule has 0 unspecified atom stereocenters. The van der Waals surface area contributed by atoms with Gasteiger partial charge in [-0.1, -0.05) is 48.0 Å². The fourth-order valence-electron chi connectivity index (χ4n) is 3.36. The molecular weight excluding hydrogens is 475 g/mol. The summed E-state index contributed by atoms with van der Waals surface area (Å²) in [4.78, 5) is 27.6.